The minimum atomic E-state index is 0.534. The smallest absolute Gasteiger partial charge is 0.146 e. The van der Waals surface area contributed by atoms with Crippen LogP contribution in [0.1, 0.15) is 5.56 Å². The second-order valence-corrected chi connectivity index (χ2v) is 2.86. The second-order valence-electron chi connectivity index (χ2n) is 2.86. The van der Waals surface area contributed by atoms with Gasteiger partial charge in [-0.15, -0.1) is 0 Å². The van der Waals surface area contributed by atoms with Crippen molar-refractivity contribution in [2.75, 3.05) is 19.5 Å². The number of nitrogens with one attached hydrogen (secondary N) is 1. The Morgan fingerprint density at radius 2 is 2.36 bits per heavy atom. The van der Waals surface area contributed by atoms with Crippen molar-refractivity contribution in [3.8, 4) is 6.07 Å². The lowest BCUT2D eigenvalue weighted by Crippen LogP contribution is -2.09. The van der Waals surface area contributed by atoms with Gasteiger partial charge in [-0.2, -0.15) is 10.4 Å². The van der Waals surface area contributed by atoms with Crippen molar-refractivity contribution in [1.82, 2.24) is 9.88 Å². The molecule has 5 nitrogen and oxygen atoms in total. The predicted molar refractivity (Wildman–Crippen MR) is 54.8 cm³/mol. The monoisotopic (exact) mass is 189 g/mol. The first kappa shape index (κ1) is 9.99. The van der Waals surface area contributed by atoms with E-state index in [-0.39, 0.29) is 0 Å². The van der Waals surface area contributed by atoms with Crippen LogP contribution < -0.4 is 5.43 Å². The molecular weight excluding hydrogens is 178 g/mol. The van der Waals surface area contributed by atoms with Crippen molar-refractivity contribution < 1.29 is 0 Å². The van der Waals surface area contributed by atoms with Gasteiger partial charge in [-0.1, -0.05) is 0 Å². The van der Waals surface area contributed by atoms with Crippen LogP contribution in [-0.4, -0.2) is 30.3 Å². The Balaban J connectivity index is 2.57. The number of hydrazone groups is 1. The highest BCUT2D eigenvalue weighted by atomic mass is 15.3. The van der Waals surface area contributed by atoms with Crippen molar-refractivity contribution in [2.24, 2.45) is 5.10 Å². The molecule has 0 spiro atoms. The van der Waals surface area contributed by atoms with E-state index in [4.69, 9.17) is 5.26 Å². The summed E-state index contributed by atoms with van der Waals surface area (Å²) >= 11 is 0. The molecule has 1 aromatic rings. The maximum Gasteiger partial charge on any atom is 0.146 e. The third kappa shape index (κ3) is 3.11. The van der Waals surface area contributed by atoms with E-state index in [1.54, 1.807) is 23.4 Å². The van der Waals surface area contributed by atoms with E-state index in [0.29, 0.717) is 11.4 Å². The molecule has 0 radical (unpaired) electrons. The number of nitrogens with zero attached hydrogens (tertiary/aromatic N) is 4. The molecule has 0 unspecified atom stereocenters. The van der Waals surface area contributed by atoms with E-state index in [0.717, 1.165) is 0 Å². The molecule has 0 aliphatic rings. The third-order valence-electron chi connectivity index (χ3n) is 1.36. The van der Waals surface area contributed by atoms with Gasteiger partial charge >= 0.3 is 0 Å². The van der Waals surface area contributed by atoms with E-state index in [1.807, 2.05) is 20.2 Å². The maximum atomic E-state index is 8.53. The highest BCUT2D eigenvalue weighted by molar-refractivity contribution is 5.55. The van der Waals surface area contributed by atoms with Crippen LogP contribution in [0.5, 0.6) is 0 Å². The van der Waals surface area contributed by atoms with Crippen LogP contribution in [0.15, 0.2) is 23.4 Å². The Kier molecular flexibility index (Phi) is 3.44. The summed E-state index contributed by atoms with van der Waals surface area (Å²) < 4.78 is 0. The fourth-order valence-corrected chi connectivity index (χ4v) is 0.737. The Bertz CT molecular complexity index is 346. The molecular formula is C9H11N5. The van der Waals surface area contributed by atoms with Crippen LogP contribution in [-0.2, 0) is 0 Å². The normalized spacial score (nSPS) is 9.79. The number of hydrogen-bond donors (Lipinski definition) is 1. The minimum Gasteiger partial charge on any atom is -0.367 e. The standard InChI is InChI=1S/C9H11N5/c1-14(2)7-12-13-9-4-3-8(5-10)6-11-9/h3-4,6-7H,1-2H3,(H,11,13). The number of nitriles is 1. The zero-order valence-corrected chi connectivity index (χ0v) is 8.10. The van der Waals surface area contributed by atoms with Gasteiger partial charge in [-0.25, -0.2) is 4.98 Å². The molecule has 1 heterocycles. The summed E-state index contributed by atoms with van der Waals surface area (Å²) in [6, 6.07) is 5.37. The molecule has 0 saturated carbocycles. The molecule has 0 saturated heterocycles. The first-order chi connectivity index (χ1) is 6.72. The van der Waals surface area contributed by atoms with Gasteiger partial charge in [-0.05, 0) is 12.1 Å². The van der Waals surface area contributed by atoms with E-state index in [9.17, 15) is 0 Å². The Labute approximate surface area is 82.7 Å². The lowest BCUT2D eigenvalue weighted by atomic mass is 10.3. The van der Waals surface area contributed by atoms with Gasteiger partial charge in [0.1, 0.15) is 18.2 Å². The Hall–Kier alpha value is -2.09. The van der Waals surface area contributed by atoms with Crippen molar-refractivity contribution in [3.05, 3.63) is 23.9 Å². The summed E-state index contributed by atoms with van der Waals surface area (Å²) in [6.45, 7) is 0. The van der Waals surface area contributed by atoms with Gasteiger partial charge in [-0.3, -0.25) is 5.43 Å². The lowest BCUT2D eigenvalue weighted by molar-refractivity contribution is 0.641. The first-order valence-electron chi connectivity index (χ1n) is 4.04. The molecule has 5 heteroatoms. The van der Waals surface area contributed by atoms with Crippen molar-refractivity contribution in [2.45, 2.75) is 0 Å². The van der Waals surface area contributed by atoms with Crippen molar-refractivity contribution >= 4 is 12.2 Å². The second kappa shape index (κ2) is 4.82. The highest BCUT2D eigenvalue weighted by Crippen LogP contribution is 2.03. The Morgan fingerprint density at radius 3 is 2.86 bits per heavy atom. The molecule has 72 valence electrons. The molecule has 0 aliphatic heterocycles. The quantitative estimate of drug-likeness (QED) is 0.435. The summed E-state index contributed by atoms with van der Waals surface area (Å²) in [5.74, 6) is 0.613. The molecule has 0 bridgehead atoms. The van der Waals surface area contributed by atoms with Crippen LogP contribution in [0.2, 0.25) is 0 Å². The average Bonchev–Trinajstić information content (AvgIpc) is 2.18. The van der Waals surface area contributed by atoms with Gasteiger partial charge in [0.2, 0.25) is 0 Å². The minimum absolute atomic E-state index is 0.534. The highest BCUT2D eigenvalue weighted by Gasteiger charge is 1.91. The average molecular weight is 189 g/mol. The van der Waals surface area contributed by atoms with Gasteiger partial charge in [0, 0.05) is 20.3 Å². The molecule has 0 aliphatic carbocycles. The van der Waals surface area contributed by atoms with Crippen LogP contribution in [0.3, 0.4) is 0 Å². The summed E-state index contributed by atoms with van der Waals surface area (Å²) in [6.07, 6.45) is 3.12. The zero-order valence-electron chi connectivity index (χ0n) is 8.10. The van der Waals surface area contributed by atoms with E-state index in [2.05, 4.69) is 15.5 Å². The summed E-state index contributed by atoms with van der Waals surface area (Å²) in [7, 11) is 3.74. The number of aromatic nitrogens is 1. The molecule has 0 fully saturated rings. The van der Waals surface area contributed by atoms with Crippen LogP contribution >= 0.6 is 0 Å². The fourth-order valence-electron chi connectivity index (χ4n) is 0.737. The predicted octanol–water partition coefficient (Wildman–Crippen LogP) is 0.870. The Morgan fingerprint density at radius 1 is 1.57 bits per heavy atom. The molecule has 1 N–H and O–H groups in total. The summed E-state index contributed by atoms with van der Waals surface area (Å²) in [5, 5.41) is 12.4. The topological polar surface area (TPSA) is 64.3 Å². The number of pyridine rings is 1. The lowest BCUT2D eigenvalue weighted by Gasteiger charge is -2.02. The molecule has 1 aromatic heterocycles. The van der Waals surface area contributed by atoms with Crippen molar-refractivity contribution in [3.63, 3.8) is 0 Å². The van der Waals surface area contributed by atoms with Gasteiger partial charge in [0.25, 0.3) is 0 Å². The number of hydrogen-bond acceptors (Lipinski definition) is 4. The van der Waals surface area contributed by atoms with Gasteiger partial charge < -0.3 is 4.90 Å². The number of rotatable bonds is 3. The zero-order chi connectivity index (χ0) is 10.4. The van der Waals surface area contributed by atoms with Crippen LogP contribution in [0, 0.1) is 11.3 Å². The SMILES string of the molecule is CN(C)C=NNc1ccc(C#N)cn1. The van der Waals surface area contributed by atoms with Crippen molar-refractivity contribution in [1.29, 1.82) is 5.26 Å². The molecule has 14 heavy (non-hydrogen) atoms. The molecule has 1 rings (SSSR count). The fraction of sp³-hybridized carbons (Fsp3) is 0.222. The van der Waals surface area contributed by atoms with Crippen LogP contribution in [0.25, 0.3) is 0 Å². The molecule has 0 atom stereocenters. The van der Waals surface area contributed by atoms with E-state index in [1.165, 1.54) is 6.20 Å². The largest absolute Gasteiger partial charge is 0.367 e. The summed E-state index contributed by atoms with van der Waals surface area (Å²) in [5.41, 5.74) is 3.27. The third-order valence-corrected chi connectivity index (χ3v) is 1.36. The maximum absolute atomic E-state index is 8.53. The molecule has 0 amide bonds. The van der Waals surface area contributed by atoms with Gasteiger partial charge in [0.15, 0.2) is 0 Å². The van der Waals surface area contributed by atoms with Gasteiger partial charge in [0.05, 0.1) is 5.56 Å². The first-order valence-corrected chi connectivity index (χ1v) is 4.04. The summed E-state index contributed by atoms with van der Waals surface area (Å²) in [4.78, 5) is 5.78. The van der Waals surface area contributed by atoms with E-state index < -0.39 is 0 Å². The molecule has 0 aromatic carbocycles. The number of anilines is 1. The van der Waals surface area contributed by atoms with Crippen LogP contribution in [0.4, 0.5) is 5.82 Å². The van der Waals surface area contributed by atoms with E-state index >= 15 is 0 Å².